The van der Waals surface area contributed by atoms with Gasteiger partial charge < -0.3 is 116 Å². The van der Waals surface area contributed by atoms with E-state index in [9.17, 15) is 25.5 Å². The number of unbranched alkanes of at least 4 members (excludes halogenated alkanes) is 6. The molecule has 113 heavy (non-hydrogen) atoms. The van der Waals surface area contributed by atoms with Crippen molar-refractivity contribution < 1.29 is 116 Å². The second kappa shape index (κ2) is 59.3. The monoisotopic (exact) mass is 1880 g/mol. The Morgan fingerprint density at radius 1 is 0.221 bits per heavy atom. The number of rotatable bonds is 61. The Morgan fingerprint density at radius 3 is 0.655 bits per heavy atom. The van der Waals surface area contributed by atoms with Gasteiger partial charge in [-0.3, -0.25) is 0 Å². The lowest BCUT2D eigenvalue weighted by molar-refractivity contribution is -0.0238. The number of hydrogen-bond donors (Lipinski definition) is 10. The van der Waals surface area contributed by atoms with E-state index >= 15 is 0 Å². The third kappa shape index (κ3) is 86.2. The average Bonchev–Trinajstić information content (AvgIpc) is 0.806. The Bertz CT molecular complexity index is 2210. The molecule has 0 spiro atoms. The van der Waals surface area contributed by atoms with E-state index in [1.165, 1.54) is 0 Å². The van der Waals surface area contributed by atoms with Crippen molar-refractivity contribution in [2.24, 2.45) is 0 Å². The van der Waals surface area contributed by atoms with Gasteiger partial charge in [0.25, 0.3) is 0 Å². The molecule has 0 saturated carbocycles. The molecule has 0 rings (SSSR count). The van der Waals surface area contributed by atoms with Crippen LogP contribution in [0.25, 0.3) is 0 Å². The second-order valence-electron chi connectivity index (χ2n) is 41.0. The molecule has 0 aromatic heterocycles. The predicted octanol–water partition coefficient (Wildman–Crippen LogP) is 15.7. The molecular formula is C73H186O25Si15. The molecule has 0 amide bonds. The Kier molecular flexibility index (Phi) is 64.9. The van der Waals surface area contributed by atoms with Gasteiger partial charge >= 0.3 is 42.8 Å². The first kappa shape index (κ1) is 124. The van der Waals surface area contributed by atoms with Gasteiger partial charge in [0.1, 0.15) is 30.5 Å². The minimum absolute atomic E-state index is 0.0171. The highest BCUT2D eigenvalue weighted by Gasteiger charge is 2.46. The van der Waals surface area contributed by atoms with Gasteiger partial charge in [0.05, 0.1) is 72.2 Å². The summed E-state index contributed by atoms with van der Waals surface area (Å²) in [5, 5.41) is 89.9. The van der Waals surface area contributed by atoms with E-state index in [1.54, 1.807) is 0 Å². The van der Waals surface area contributed by atoms with Gasteiger partial charge in [-0.1, -0.05) is 39.0 Å². The fourth-order valence-electron chi connectivity index (χ4n) is 12.1. The van der Waals surface area contributed by atoms with Gasteiger partial charge in [-0.25, -0.2) is 0 Å². The lowest BCUT2D eigenvalue weighted by atomic mass is 10.2. The van der Waals surface area contributed by atoms with E-state index in [0.717, 1.165) is 94.8 Å². The summed E-state index contributed by atoms with van der Waals surface area (Å²) in [6.07, 6.45) is 7.24. The van der Waals surface area contributed by atoms with Crippen LogP contribution in [0, 0.1) is 0 Å². The maximum absolute atomic E-state index is 9.34. The average molecular weight is 1890 g/mol. The van der Waals surface area contributed by atoms with Crippen molar-refractivity contribution >= 4 is 126 Å². The molecule has 7 atom stereocenters. The summed E-state index contributed by atoms with van der Waals surface area (Å²) in [6, 6.07) is 3.96. The van der Waals surface area contributed by atoms with Gasteiger partial charge in [0.15, 0.2) is 83.2 Å². The van der Waals surface area contributed by atoms with Gasteiger partial charge in [0.2, 0.25) is 0 Å². The maximum Gasteiger partial charge on any atom is 0.317 e. The third-order valence-electron chi connectivity index (χ3n) is 14.9. The zero-order chi connectivity index (χ0) is 89.7. The predicted molar refractivity (Wildman–Crippen MR) is 506 cm³/mol. The van der Waals surface area contributed by atoms with Crippen LogP contribution in [-0.4, -0.2) is 306 Å². The Morgan fingerprint density at radius 2 is 0.416 bits per heavy atom. The highest BCUT2D eigenvalue weighted by Crippen LogP contribution is 2.35. The summed E-state index contributed by atoms with van der Waals surface area (Å²) < 4.78 is 91.7. The standard InChI is InChI=1S/C16H40O5Si3.C15H38O5Si3.3C14H36O5Si3/c1-22(2,3)20-24(7,21-23(4,5)6)13-11-9-8-10-12-19-15-16(18)14-17;1-21(2,3)19-23(7,20-22(4,5)6)12-10-8-9-11-18-14-15(17)13-16;1-13(17-12-14(16)11-15)9-10-22(8,18-20(2,3)4)19-21(5,6)7;1-13(9-10-17-12-14(16)11-15)22(8,18-20(2,3)4)19-21(5,6)7;1-20(2,3)18-22(7,19-21(4,5)6)11-9-8-10-17-13-14(16)12-15/h16-18H,8-15H2,1-7H3;15-17H,8-14H2,1-7H3;2*13-16H,9-12H2,1-8H3;14-16H,8-13H2,1-7H3. The molecule has 0 bridgehead atoms. The normalized spacial score (nSPS) is 15.6. The van der Waals surface area contributed by atoms with E-state index < -0.39 is 156 Å². The molecule has 0 heterocycles. The highest BCUT2D eigenvalue weighted by atomic mass is 28.5. The topological polar surface area (TPSA) is 341 Å². The number of ether oxygens (including phenoxy) is 5. The molecule has 0 aromatic rings. The smallest absolute Gasteiger partial charge is 0.317 e. The molecule has 0 fully saturated rings. The summed E-state index contributed by atoms with van der Waals surface area (Å²) in [4.78, 5) is 0. The maximum atomic E-state index is 9.34. The van der Waals surface area contributed by atoms with Gasteiger partial charge in [-0.15, -0.1) is 0 Å². The Labute approximate surface area is 709 Å². The van der Waals surface area contributed by atoms with Crippen LogP contribution in [0.4, 0.5) is 0 Å². The van der Waals surface area contributed by atoms with Crippen LogP contribution in [-0.2, 0) is 64.8 Å². The van der Waals surface area contributed by atoms with E-state index in [4.69, 9.17) is 90.4 Å². The fourth-order valence-corrected chi connectivity index (χ4v) is 75.1. The first-order chi connectivity index (χ1) is 50.7. The molecule has 10 N–H and O–H groups in total. The number of aliphatic hydroxyl groups excluding tert-OH is 10. The molecule has 7 unspecified atom stereocenters. The first-order valence-corrected chi connectivity index (χ1v) is 88.6. The first-order valence-electron chi connectivity index (χ1n) is 42.0. The molecule has 0 saturated heterocycles. The molecule has 688 valence electrons. The summed E-state index contributed by atoms with van der Waals surface area (Å²) in [7, 11) is -27.1. The molecule has 40 heteroatoms. The van der Waals surface area contributed by atoms with Crippen molar-refractivity contribution in [3.8, 4) is 0 Å². The Balaban J connectivity index is -0.000000430. The molecule has 0 aliphatic carbocycles. The van der Waals surface area contributed by atoms with E-state index in [1.807, 2.05) is 6.92 Å². The van der Waals surface area contributed by atoms with Crippen LogP contribution in [0.3, 0.4) is 0 Å². The van der Waals surface area contributed by atoms with Crippen LogP contribution in [0.1, 0.15) is 84.5 Å². The van der Waals surface area contributed by atoms with Crippen LogP contribution in [0.5, 0.6) is 0 Å². The summed E-state index contributed by atoms with van der Waals surface area (Å²) >= 11 is 0. The molecule has 25 nitrogen and oxygen atoms in total. The van der Waals surface area contributed by atoms with E-state index in [2.05, 4.69) is 236 Å². The second-order valence-corrected chi connectivity index (χ2v) is 105. The van der Waals surface area contributed by atoms with Crippen molar-refractivity contribution in [2.75, 3.05) is 92.5 Å². The van der Waals surface area contributed by atoms with Gasteiger partial charge in [-0.05, 0) is 299 Å². The van der Waals surface area contributed by atoms with Crippen LogP contribution in [0.15, 0.2) is 0 Å². The van der Waals surface area contributed by atoms with Crippen molar-refractivity contribution in [3.63, 3.8) is 0 Å². The van der Waals surface area contributed by atoms with Crippen molar-refractivity contribution in [1.29, 1.82) is 0 Å². The zero-order valence-electron chi connectivity index (χ0n) is 79.6. The minimum Gasteiger partial charge on any atom is -0.437 e. The van der Waals surface area contributed by atoms with Crippen LogP contribution >= 0.6 is 0 Å². The van der Waals surface area contributed by atoms with Gasteiger partial charge in [-0.2, -0.15) is 0 Å². The summed E-state index contributed by atoms with van der Waals surface area (Å²) in [5.74, 6) is 0. The Hall–Kier alpha value is 2.25. The molecule has 0 radical (unpaired) electrons. The third-order valence-corrected chi connectivity index (χ3v) is 63.5. The SMILES string of the molecule is CC(CCOCC(O)CO)[Si](C)(O[Si](C)(C)C)O[Si](C)(C)C.CC(CC[Si](C)(O[Si](C)(C)C)O[Si](C)(C)C)OCC(O)CO.C[Si](C)(C)O[Si](C)(CCCCCCOCC(O)CO)O[Si](C)(C)C.C[Si](C)(C)O[Si](C)(CCCCCOCC(O)CO)O[Si](C)(C)C.C[Si](C)(C)O[Si](C)(CCCCOCC(O)CO)O[Si](C)(C)C. The van der Waals surface area contributed by atoms with Crippen LogP contribution in [0.2, 0.25) is 259 Å². The molecule has 0 aliphatic heterocycles. The molecule has 0 aliphatic rings. The summed E-state index contributed by atoms with van der Waals surface area (Å²) in [6.45, 7) is 83.8. The fraction of sp³-hybridized carbons (Fsp3) is 1.00. The zero-order valence-corrected chi connectivity index (χ0v) is 94.6. The lowest BCUT2D eigenvalue weighted by Crippen LogP contribution is -2.55. The van der Waals surface area contributed by atoms with Gasteiger partial charge in [0, 0.05) is 32.0 Å². The quantitative estimate of drug-likeness (QED) is 0.0200. The van der Waals surface area contributed by atoms with Crippen molar-refractivity contribution in [3.05, 3.63) is 0 Å². The molecule has 0 aromatic carbocycles. The van der Waals surface area contributed by atoms with Crippen molar-refractivity contribution in [2.45, 2.75) is 380 Å². The number of hydrogen-bond acceptors (Lipinski definition) is 25. The number of aliphatic hydroxyl groups is 10. The largest absolute Gasteiger partial charge is 0.437 e. The summed E-state index contributed by atoms with van der Waals surface area (Å²) in [5.41, 5.74) is 0.317. The highest BCUT2D eigenvalue weighted by molar-refractivity contribution is 6.91. The molecular weight excluding hydrogens is 1700 g/mol. The van der Waals surface area contributed by atoms with Crippen molar-refractivity contribution in [1.82, 2.24) is 0 Å². The lowest BCUT2D eigenvalue weighted by Gasteiger charge is -2.42. The van der Waals surface area contributed by atoms with Crippen LogP contribution < -0.4 is 0 Å². The minimum atomic E-state index is -2.28. The van der Waals surface area contributed by atoms with E-state index in [-0.39, 0.29) is 72.2 Å². The van der Waals surface area contributed by atoms with E-state index in [0.29, 0.717) is 32.0 Å².